The molecule has 1 N–H and O–H groups in total. The summed E-state index contributed by atoms with van der Waals surface area (Å²) >= 11 is 5.45. The van der Waals surface area contributed by atoms with E-state index in [4.69, 9.17) is 0 Å². The van der Waals surface area contributed by atoms with Gasteiger partial charge in [-0.1, -0.05) is 94.0 Å². The van der Waals surface area contributed by atoms with Crippen LogP contribution in [0.2, 0.25) is 0 Å². The maximum Gasteiger partial charge on any atom is 0.248 e. The SMILES string of the molecule is C=CCN(Cn1nnc2ccccc21)C(=O)C1N([C@H](CO)c2ccccc2)C(=O)[C@@H]2[C@H](C(=O)N(CC=C)c3ccccc3)[C@H]3SC12CC3Br. The van der Waals surface area contributed by atoms with Gasteiger partial charge in [-0.25, -0.2) is 4.68 Å². The van der Waals surface area contributed by atoms with Crippen LogP contribution in [0.15, 0.2) is 110 Å². The van der Waals surface area contributed by atoms with E-state index in [2.05, 4.69) is 39.4 Å². The molecule has 3 fully saturated rings. The fourth-order valence-corrected chi connectivity index (χ4v) is 11.5. The summed E-state index contributed by atoms with van der Waals surface area (Å²) in [6.07, 6.45) is 3.84. The number of alkyl halides is 1. The maximum absolute atomic E-state index is 15.2. The van der Waals surface area contributed by atoms with Crippen molar-refractivity contribution in [1.82, 2.24) is 24.8 Å². The Kier molecular flexibility index (Phi) is 9.21. The zero-order valence-corrected chi connectivity index (χ0v) is 29.2. The summed E-state index contributed by atoms with van der Waals surface area (Å²) in [5.41, 5.74) is 2.89. The Morgan fingerprint density at radius 3 is 2.37 bits per heavy atom. The van der Waals surface area contributed by atoms with E-state index in [9.17, 15) is 9.90 Å². The molecule has 7 atom stereocenters. The summed E-state index contributed by atoms with van der Waals surface area (Å²) in [5, 5.41) is 19.3. The number of carbonyl (C=O) groups excluding carboxylic acids is 3. The van der Waals surface area contributed by atoms with Gasteiger partial charge in [0.25, 0.3) is 0 Å². The average molecular weight is 742 g/mol. The van der Waals surface area contributed by atoms with Crippen molar-refractivity contribution in [2.24, 2.45) is 11.8 Å². The number of rotatable bonds is 12. The lowest BCUT2D eigenvalue weighted by Crippen LogP contribution is -2.56. The minimum Gasteiger partial charge on any atom is -0.394 e. The number of halogens is 1. The number of hydrogen-bond donors (Lipinski definition) is 1. The fourth-order valence-electron chi connectivity index (χ4n) is 7.96. The first-order valence-corrected chi connectivity index (χ1v) is 18.1. The Balaban J connectivity index is 1.34. The first kappa shape index (κ1) is 33.2. The highest BCUT2D eigenvalue weighted by atomic mass is 79.9. The lowest BCUT2D eigenvalue weighted by molar-refractivity contribution is -0.146. The summed E-state index contributed by atoms with van der Waals surface area (Å²) < 4.78 is 0.732. The van der Waals surface area contributed by atoms with Gasteiger partial charge in [-0.2, -0.15) is 0 Å². The third-order valence-electron chi connectivity index (χ3n) is 9.97. The molecule has 3 amide bonds. The van der Waals surface area contributed by atoms with E-state index in [-0.39, 0.29) is 47.6 Å². The molecule has 4 heterocycles. The number of thioether (sulfide) groups is 1. The van der Waals surface area contributed by atoms with E-state index < -0.39 is 35.3 Å². The van der Waals surface area contributed by atoms with Crippen molar-refractivity contribution in [3.8, 4) is 0 Å². The second kappa shape index (κ2) is 13.6. The highest BCUT2D eigenvalue weighted by Crippen LogP contribution is 2.69. The van der Waals surface area contributed by atoms with Crippen molar-refractivity contribution >= 4 is 62.1 Å². The highest BCUT2D eigenvalue weighted by molar-refractivity contribution is 9.09. The number of para-hydroxylation sites is 2. The van der Waals surface area contributed by atoms with Gasteiger partial charge in [0.2, 0.25) is 17.7 Å². The zero-order valence-electron chi connectivity index (χ0n) is 26.8. The number of aromatic nitrogens is 3. The molecule has 3 aliphatic rings. The molecule has 2 bridgehead atoms. The lowest BCUT2D eigenvalue weighted by Gasteiger charge is -2.40. The normalized spacial score (nSPS) is 26.0. The topological polar surface area (TPSA) is 112 Å². The molecule has 49 heavy (non-hydrogen) atoms. The van der Waals surface area contributed by atoms with E-state index in [0.29, 0.717) is 23.2 Å². The van der Waals surface area contributed by atoms with Crippen molar-refractivity contribution in [3.63, 3.8) is 0 Å². The van der Waals surface area contributed by atoms with Crippen LogP contribution in [0.25, 0.3) is 11.0 Å². The Morgan fingerprint density at radius 2 is 1.67 bits per heavy atom. The van der Waals surface area contributed by atoms with Gasteiger partial charge in [0, 0.05) is 28.9 Å². The average Bonchev–Trinajstić information content (AvgIpc) is 3.85. The van der Waals surface area contributed by atoms with Crippen molar-refractivity contribution in [3.05, 3.63) is 116 Å². The number of amides is 3. The molecule has 3 aromatic carbocycles. The Hall–Kier alpha value is -4.26. The van der Waals surface area contributed by atoms with Crippen LogP contribution >= 0.6 is 27.7 Å². The van der Waals surface area contributed by atoms with E-state index in [1.165, 1.54) is 0 Å². The second-order valence-electron chi connectivity index (χ2n) is 12.7. The number of aliphatic hydroxyl groups is 1. The Labute approximate surface area is 297 Å². The molecule has 0 aliphatic carbocycles. The molecule has 7 rings (SSSR count). The molecule has 3 unspecified atom stereocenters. The van der Waals surface area contributed by atoms with Gasteiger partial charge in [0.05, 0.1) is 34.7 Å². The van der Waals surface area contributed by atoms with Gasteiger partial charge >= 0.3 is 0 Å². The third-order valence-corrected chi connectivity index (χ3v) is 13.2. The molecule has 3 saturated heterocycles. The summed E-state index contributed by atoms with van der Waals surface area (Å²) in [7, 11) is 0. The van der Waals surface area contributed by atoms with E-state index >= 15 is 9.59 Å². The smallest absolute Gasteiger partial charge is 0.248 e. The largest absolute Gasteiger partial charge is 0.394 e. The number of benzene rings is 3. The number of nitrogens with zero attached hydrogens (tertiary/aromatic N) is 6. The molecule has 252 valence electrons. The molecule has 3 aliphatic heterocycles. The van der Waals surface area contributed by atoms with Crippen LogP contribution < -0.4 is 4.90 Å². The van der Waals surface area contributed by atoms with Crippen LogP contribution in [0, 0.1) is 11.8 Å². The van der Waals surface area contributed by atoms with Gasteiger partial charge in [-0.05, 0) is 36.2 Å². The molecule has 1 aromatic heterocycles. The molecule has 1 spiro atoms. The number of likely N-dealkylation sites (tertiary alicyclic amines) is 1. The van der Waals surface area contributed by atoms with Crippen molar-refractivity contribution < 1.29 is 19.5 Å². The van der Waals surface area contributed by atoms with Crippen LogP contribution in [0.3, 0.4) is 0 Å². The molecule has 4 aromatic rings. The minimum absolute atomic E-state index is 0.0785. The second-order valence-corrected chi connectivity index (χ2v) is 15.4. The van der Waals surface area contributed by atoms with Crippen LogP contribution in [0.5, 0.6) is 0 Å². The van der Waals surface area contributed by atoms with Crippen LogP contribution in [0.4, 0.5) is 5.69 Å². The zero-order chi connectivity index (χ0) is 34.3. The van der Waals surface area contributed by atoms with Crippen molar-refractivity contribution in [2.75, 3.05) is 24.6 Å². The predicted molar refractivity (Wildman–Crippen MR) is 194 cm³/mol. The molecule has 12 heteroatoms. The fraction of sp³-hybridized carbons (Fsp3) is 0.324. The number of carbonyl (C=O) groups is 3. The van der Waals surface area contributed by atoms with Crippen molar-refractivity contribution in [1.29, 1.82) is 0 Å². The van der Waals surface area contributed by atoms with Crippen molar-refractivity contribution in [2.45, 2.75) is 40.0 Å². The first-order valence-electron chi connectivity index (χ1n) is 16.3. The monoisotopic (exact) mass is 740 g/mol. The first-order chi connectivity index (χ1) is 23.8. The molecule has 10 nitrogen and oxygen atoms in total. The maximum atomic E-state index is 15.2. The van der Waals surface area contributed by atoms with Crippen LogP contribution in [-0.2, 0) is 21.1 Å². The van der Waals surface area contributed by atoms with Crippen LogP contribution in [-0.4, -0.2) is 88.2 Å². The van der Waals surface area contributed by atoms with E-state index in [1.54, 1.807) is 43.3 Å². The highest BCUT2D eigenvalue weighted by Gasteiger charge is 2.76. The van der Waals surface area contributed by atoms with Gasteiger partial charge in [0.15, 0.2) is 0 Å². The number of anilines is 1. The standard InChI is InChI=1S/C37H37BrN6O4S/c1-3-19-41(23-43-28-18-12-11-17-27(28)39-40-43)36(48)33-37-21-26(38)32(49-37)30(34(46)42(20-4-2)25-15-9-6-10-16-25)31(37)35(47)44(33)29(22-45)24-13-7-5-8-14-24/h3-18,26,29-33,45H,1-2,19-23H2/t26?,29-,30+,31+,32+,33?,37?/m1/s1. The molecule has 0 radical (unpaired) electrons. The van der Waals surface area contributed by atoms with E-state index in [0.717, 1.165) is 5.52 Å². The Morgan fingerprint density at radius 1 is 1.00 bits per heavy atom. The summed E-state index contributed by atoms with van der Waals surface area (Å²) in [6.45, 7) is 7.97. The number of aliphatic hydroxyl groups excluding tert-OH is 1. The molecular formula is C37H37BrN6O4S. The lowest BCUT2D eigenvalue weighted by atomic mass is 9.70. The Bertz CT molecular complexity index is 1890. The number of fused-ring (bicyclic) bond motifs is 2. The molecule has 0 saturated carbocycles. The van der Waals surface area contributed by atoms with E-state index in [1.807, 2.05) is 84.9 Å². The summed E-state index contributed by atoms with van der Waals surface area (Å²) in [5.74, 6) is -2.28. The minimum atomic E-state index is -0.977. The summed E-state index contributed by atoms with van der Waals surface area (Å²) in [6, 6.07) is 24.4. The van der Waals surface area contributed by atoms with Gasteiger partial charge < -0.3 is 19.8 Å². The molecular weight excluding hydrogens is 704 g/mol. The predicted octanol–water partition coefficient (Wildman–Crippen LogP) is 4.82. The van der Waals surface area contributed by atoms with Gasteiger partial charge in [-0.3, -0.25) is 14.4 Å². The van der Waals surface area contributed by atoms with Crippen LogP contribution in [0.1, 0.15) is 18.0 Å². The quantitative estimate of drug-likeness (QED) is 0.164. The van der Waals surface area contributed by atoms with Gasteiger partial charge in [0.1, 0.15) is 18.2 Å². The third kappa shape index (κ3) is 5.50. The van der Waals surface area contributed by atoms with Gasteiger partial charge in [-0.15, -0.1) is 30.0 Å². The summed E-state index contributed by atoms with van der Waals surface area (Å²) in [4.78, 5) is 49.7. The number of hydrogen-bond acceptors (Lipinski definition) is 7.